The SMILES string of the molecule is CCN(CC)C(=O)c1nc(CN(C)C)n(-c2ccc(Cl)cc2C(=O)c2ccccc2)n1. The molecule has 1 amide bonds. The van der Waals surface area contributed by atoms with Gasteiger partial charge in [-0.25, -0.2) is 9.67 Å². The van der Waals surface area contributed by atoms with Crippen LogP contribution in [0.25, 0.3) is 5.69 Å². The van der Waals surface area contributed by atoms with Crippen LogP contribution < -0.4 is 0 Å². The van der Waals surface area contributed by atoms with Crippen LogP contribution in [0, 0.1) is 0 Å². The van der Waals surface area contributed by atoms with Gasteiger partial charge in [-0.3, -0.25) is 9.59 Å². The van der Waals surface area contributed by atoms with Gasteiger partial charge in [0.2, 0.25) is 5.82 Å². The van der Waals surface area contributed by atoms with Crippen LogP contribution in [0.2, 0.25) is 5.02 Å². The predicted octanol–water partition coefficient (Wildman–Crippen LogP) is 3.70. The van der Waals surface area contributed by atoms with E-state index >= 15 is 0 Å². The maximum atomic E-state index is 13.3. The smallest absolute Gasteiger partial charge is 0.293 e. The molecule has 0 saturated carbocycles. The molecule has 0 atom stereocenters. The first-order valence-corrected chi connectivity index (χ1v) is 10.5. The number of nitrogens with zero attached hydrogens (tertiary/aromatic N) is 5. The van der Waals surface area contributed by atoms with Crippen molar-refractivity contribution in [1.29, 1.82) is 0 Å². The van der Waals surface area contributed by atoms with Crippen LogP contribution in [-0.2, 0) is 6.54 Å². The van der Waals surface area contributed by atoms with Gasteiger partial charge < -0.3 is 9.80 Å². The van der Waals surface area contributed by atoms with Gasteiger partial charge in [0, 0.05) is 29.2 Å². The summed E-state index contributed by atoms with van der Waals surface area (Å²) in [6.07, 6.45) is 0. The second-order valence-electron chi connectivity index (χ2n) is 7.34. The number of aromatic nitrogens is 3. The number of ketones is 1. The van der Waals surface area contributed by atoms with Crippen LogP contribution in [0.15, 0.2) is 48.5 Å². The lowest BCUT2D eigenvalue weighted by Crippen LogP contribution is -2.31. The van der Waals surface area contributed by atoms with Gasteiger partial charge in [-0.15, -0.1) is 5.10 Å². The molecule has 0 spiro atoms. The monoisotopic (exact) mass is 439 g/mol. The Morgan fingerprint density at radius 1 is 1.03 bits per heavy atom. The van der Waals surface area contributed by atoms with E-state index in [1.165, 1.54) is 0 Å². The molecule has 0 aliphatic rings. The van der Waals surface area contributed by atoms with Gasteiger partial charge >= 0.3 is 0 Å². The Bertz CT molecular complexity index is 1070. The van der Waals surface area contributed by atoms with Gasteiger partial charge in [0.25, 0.3) is 5.91 Å². The van der Waals surface area contributed by atoms with Gasteiger partial charge in [-0.2, -0.15) is 0 Å². The van der Waals surface area contributed by atoms with Crippen molar-refractivity contribution >= 4 is 23.3 Å². The van der Waals surface area contributed by atoms with Crippen LogP contribution in [0.3, 0.4) is 0 Å². The third-order valence-corrected chi connectivity index (χ3v) is 5.08. The number of hydrogen-bond donors (Lipinski definition) is 0. The number of halogens is 1. The van der Waals surface area contributed by atoms with Crippen LogP contribution in [0.4, 0.5) is 0 Å². The molecule has 0 N–H and O–H groups in total. The maximum absolute atomic E-state index is 13.3. The van der Waals surface area contributed by atoms with Crippen molar-refractivity contribution in [3.05, 3.63) is 76.3 Å². The molecule has 8 heteroatoms. The second-order valence-corrected chi connectivity index (χ2v) is 7.77. The van der Waals surface area contributed by atoms with E-state index in [1.54, 1.807) is 39.9 Å². The molecule has 0 radical (unpaired) electrons. The number of carbonyl (C=O) groups is 2. The molecule has 31 heavy (non-hydrogen) atoms. The molecule has 1 aromatic heterocycles. The Labute approximate surface area is 187 Å². The average molecular weight is 440 g/mol. The zero-order chi connectivity index (χ0) is 22.5. The fourth-order valence-corrected chi connectivity index (χ4v) is 3.46. The van der Waals surface area contributed by atoms with Crippen molar-refractivity contribution in [2.45, 2.75) is 20.4 Å². The summed E-state index contributed by atoms with van der Waals surface area (Å²) in [6, 6.07) is 14.0. The highest BCUT2D eigenvalue weighted by Gasteiger charge is 2.24. The lowest BCUT2D eigenvalue weighted by molar-refractivity contribution is 0.0760. The number of hydrogen-bond acceptors (Lipinski definition) is 5. The average Bonchev–Trinajstić information content (AvgIpc) is 3.17. The minimum Gasteiger partial charge on any atom is -0.336 e. The summed E-state index contributed by atoms with van der Waals surface area (Å²) in [5.41, 5.74) is 1.46. The molecule has 3 rings (SSSR count). The van der Waals surface area contributed by atoms with Crippen molar-refractivity contribution in [2.24, 2.45) is 0 Å². The molecule has 162 valence electrons. The Kier molecular flexibility index (Phi) is 7.20. The lowest BCUT2D eigenvalue weighted by atomic mass is 10.0. The molecular formula is C23H26ClN5O2. The van der Waals surface area contributed by atoms with Gasteiger partial charge in [-0.05, 0) is 46.1 Å². The van der Waals surface area contributed by atoms with E-state index in [9.17, 15) is 9.59 Å². The van der Waals surface area contributed by atoms with E-state index < -0.39 is 0 Å². The van der Waals surface area contributed by atoms with E-state index in [4.69, 9.17) is 11.6 Å². The van der Waals surface area contributed by atoms with Crippen molar-refractivity contribution < 1.29 is 9.59 Å². The lowest BCUT2D eigenvalue weighted by Gasteiger charge is -2.16. The van der Waals surface area contributed by atoms with Crippen LogP contribution >= 0.6 is 11.6 Å². The zero-order valence-electron chi connectivity index (χ0n) is 18.2. The minimum absolute atomic E-state index is 0.105. The van der Waals surface area contributed by atoms with Crippen molar-refractivity contribution in [3.63, 3.8) is 0 Å². The number of carbonyl (C=O) groups excluding carboxylic acids is 2. The highest BCUT2D eigenvalue weighted by Crippen LogP contribution is 2.24. The van der Waals surface area contributed by atoms with E-state index in [0.717, 1.165) is 0 Å². The molecule has 7 nitrogen and oxygen atoms in total. The molecule has 0 aliphatic heterocycles. The molecule has 1 heterocycles. The fourth-order valence-electron chi connectivity index (χ4n) is 3.29. The minimum atomic E-state index is -0.242. The second kappa shape index (κ2) is 9.85. The molecule has 3 aromatic rings. The van der Waals surface area contributed by atoms with E-state index in [-0.39, 0.29) is 17.5 Å². The summed E-state index contributed by atoms with van der Waals surface area (Å²) in [4.78, 5) is 34.2. The molecule has 0 saturated heterocycles. The largest absolute Gasteiger partial charge is 0.336 e. The predicted molar refractivity (Wildman–Crippen MR) is 121 cm³/mol. The van der Waals surface area contributed by atoms with Gasteiger partial charge in [-0.1, -0.05) is 41.9 Å². The van der Waals surface area contributed by atoms with Crippen LogP contribution in [0.1, 0.15) is 46.2 Å². The van der Waals surface area contributed by atoms with E-state index in [0.29, 0.717) is 47.3 Å². The molecule has 0 unspecified atom stereocenters. The first-order valence-electron chi connectivity index (χ1n) is 10.1. The van der Waals surface area contributed by atoms with Crippen LogP contribution in [-0.4, -0.2) is 63.4 Å². The molecule has 0 aliphatic carbocycles. The standard InChI is InChI=1S/C23H26ClN5O2/c1-5-28(6-2)23(31)22-25-20(15-27(3)4)29(26-22)19-13-12-17(24)14-18(19)21(30)16-10-8-7-9-11-16/h7-14H,5-6,15H2,1-4H3. The van der Waals surface area contributed by atoms with Crippen molar-refractivity contribution in [2.75, 3.05) is 27.2 Å². The first-order chi connectivity index (χ1) is 14.8. The van der Waals surface area contributed by atoms with Crippen LogP contribution in [0.5, 0.6) is 0 Å². The topological polar surface area (TPSA) is 71.3 Å². The Morgan fingerprint density at radius 3 is 2.32 bits per heavy atom. The quantitative estimate of drug-likeness (QED) is 0.500. The van der Waals surface area contributed by atoms with Crippen molar-refractivity contribution in [3.8, 4) is 5.69 Å². The molecule has 0 bridgehead atoms. The summed E-state index contributed by atoms with van der Waals surface area (Å²) in [7, 11) is 3.81. The molecular weight excluding hydrogens is 414 g/mol. The third kappa shape index (κ3) is 5.00. The summed E-state index contributed by atoms with van der Waals surface area (Å²) < 4.78 is 1.57. The molecule has 2 aromatic carbocycles. The van der Waals surface area contributed by atoms with Gasteiger partial charge in [0.15, 0.2) is 5.78 Å². The Morgan fingerprint density at radius 2 is 1.71 bits per heavy atom. The first kappa shape index (κ1) is 22.7. The maximum Gasteiger partial charge on any atom is 0.293 e. The number of rotatable bonds is 8. The van der Waals surface area contributed by atoms with E-state index in [2.05, 4.69) is 10.1 Å². The zero-order valence-corrected chi connectivity index (χ0v) is 18.9. The van der Waals surface area contributed by atoms with Gasteiger partial charge in [0.05, 0.1) is 12.2 Å². The normalized spacial score (nSPS) is 11.0. The highest BCUT2D eigenvalue weighted by molar-refractivity contribution is 6.31. The number of benzene rings is 2. The Balaban J connectivity index is 2.15. The highest BCUT2D eigenvalue weighted by atomic mass is 35.5. The Hall–Kier alpha value is -3.03. The fraction of sp³-hybridized carbons (Fsp3) is 0.304. The summed E-state index contributed by atoms with van der Waals surface area (Å²) >= 11 is 6.23. The molecule has 0 fully saturated rings. The third-order valence-electron chi connectivity index (χ3n) is 4.84. The summed E-state index contributed by atoms with van der Waals surface area (Å²) in [5, 5.41) is 4.95. The van der Waals surface area contributed by atoms with E-state index in [1.807, 2.05) is 51.0 Å². The van der Waals surface area contributed by atoms with Crippen molar-refractivity contribution in [1.82, 2.24) is 24.6 Å². The van der Waals surface area contributed by atoms with Gasteiger partial charge in [0.1, 0.15) is 5.82 Å². The number of amides is 1. The summed E-state index contributed by atoms with van der Waals surface area (Å²) in [5.74, 6) is 0.244. The summed E-state index contributed by atoms with van der Waals surface area (Å²) in [6.45, 7) is 5.39.